The van der Waals surface area contributed by atoms with Crippen LogP contribution in [0, 0.1) is 11.3 Å². The van der Waals surface area contributed by atoms with Crippen molar-refractivity contribution in [2.24, 2.45) is 5.10 Å². The first-order valence-electron chi connectivity index (χ1n) is 12.8. The van der Waals surface area contributed by atoms with Crippen LogP contribution in [0.1, 0.15) is 60.5 Å². The van der Waals surface area contributed by atoms with Gasteiger partial charge in [0.25, 0.3) is 5.56 Å². The Kier molecular flexibility index (Phi) is 8.89. The molecule has 1 saturated carbocycles. The van der Waals surface area contributed by atoms with Crippen LogP contribution in [0.3, 0.4) is 0 Å². The van der Waals surface area contributed by atoms with Crippen molar-refractivity contribution in [3.8, 4) is 17.6 Å². The molecule has 204 valence electrons. The number of ether oxygens (including phenoxy) is 2. The number of halogens is 3. The lowest BCUT2D eigenvalue weighted by atomic mass is 9.88. The van der Waals surface area contributed by atoms with Gasteiger partial charge in [-0.3, -0.25) is 4.79 Å². The van der Waals surface area contributed by atoms with Gasteiger partial charge in [0.15, 0.2) is 11.5 Å². The van der Waals surface area contributed by atoms with E-state index in [9.17, 15) is 10.1 Å². The van der Waals surface area contributed by atoms with E-state index < -0.39 is 0 Å². The highest BCUT2D eigenvalue weighted by molar-refractivity contribution is 9.10. The van der Waals surface area contributed by atoms with Gasteiger partial charge in [-0.2, -0.15) is 15.0 Å². The number of hydrogen-bond donors (Lipinski definition) is 0. The number of methoxy groups -OCH3 is 1. The first-order valence-corrected chi connectivity index (χ1v) is 14.8. The smallest absolute Gasteiger partial charge is 0.282 e. The van der Waals surface area contributed by atoms with Crippen LogP contribution in [0.5, 0.6) is 11.5 Å². The first-order chi connectivity index (χ1) is 19.4. The minimum absolute atomic E-state index is 0.137. The molecule has 1 aromatic heterocycles. The maximum Gasteiger partial charge on any atom is 0.282 e. The Morgan fingerprint density at radius 3 is 2.70 bits per heavy atom. The van der Waals surface area contributed by atoms with Crippen LogP contribution >= 0.6 is 43.5 Å². The Bertz CT molecular complexity index is 1710. The number of benzene rings is 3. The molecule has 0 aliphatic heterocycles. The number of fused-ring (bicyclic) bond motifs is 1. The second-order valence-corrected chi connectivity index (χ2v) is 11.6. The molecule has 0 bridgehead atoms. The highest BCUT2D eigenvalue weighted by Crippen LogP contribution is 2.42. The van der Waals surface area contributed by atoms with Gasteiger partial charge < -0.3 is 9.47 Å². The first kappa shape index (κ1) is 28.3. The summed E-state index contributed by atoms with van der Waals surface area (Å²) in [5, 5.41) is 14.8. The quantitative estimate of drug-likeness (QED) is 0.184. The van der Waals surface area contributed by atoms with Crippen LogP contribution < -0.4 is 15.0 Å². The van der Waals surface area contributed by atoms with E-state index in [0.29, 0.717) is 43.8 Å². The Morgan fingerprint density at radius 1 is 1.18 bits per heavy atom. The van der Waals surface area contributed by atoms with E-state index in [-0.39, 0.29) is 23.1 Å². The van der Waals surface area contributed by atoms with E-state index in [1.165, 1.54) is 18.2 Å². The van der Waals surface area contributed by atoms with Gasteiger partial charge in [0.05, 0.1) is 35.9 Å². The van der Waals surface area contributed by atoms with Crippen molar-refractivity contribution >= 4 is 60.6 Å². The molecular weight excluding hydrogens is 660 g/mol. The molecule has 1 heterocycles. The molecule has 4 aromatic rings. The molecule has 0 unspecified atom stereocenters. The average Bonchev–Trinajstić information content (AvgIpc) is 2.98. The molecule has 5 rings (SSSR count). The highest BCUT2D eigenvalue weighted by Gasteiger charge is 2.23. The van der Waals surface area contributed by atoms with E-state index in [1.807, 2.05) is 24.3 Å². The van der Waals surface area contributed by atoms with Gasteiger partial charge in [0.1, 0.15) is 17.5 Å². The van der Waals surface area contributed by atoms with Crippen molar-refractivity contribution in [3.63, 3.8) is 0 Å². The third-order valence-electron chi connectivity index (χ3n) is 7.00. The summed E-state index contributed by atoms with van der Waals surface area (Å²) in [5.41, 5.74) is 2.28. The monoisotopic (exact) mass is 682 g/mol. The van der Waals surface area contributed by atoms with E-state index in [0.717, 1.165) is 35.7 Å². The lowest BCUT2D eigenvalue weighted by molar-refractivity contribution is 0.284. The summed E-state index contributed by atoms with van der Waals surface area (Å²) in [6.45, 7) is 0.137. The molecule has 0 atom stereocenters. The second kappa shape index (κ2) is 12.5. The molecule has 1 aliphatic rings. The van der Waals surface area contributed by atoms with Gasteiger partial charge >= 0.3 is 0 Å². The van der Waals surface area contributed by atoms with Crippen LogP contribution in [0.15, 0.2) is 67.4 Å². The Morgan fingerprint density at radius 2 is 1.95 bits per heavy atom. The number of rotatable bonds is 7. The van der Waals surface area contributed by atoms with E-state index in [2.05, 4.69) is 43.0 Å². The van der Waals surface area contributed by atoms with Crippen molar-refractivity contribution in [1.29, 1.82) is 5.26 Å². The number of nitriles is 1. The fourth-order valence-electron chi connectivity index (χ4n) is 4.91. The summed E-state index contributed by atoms with van der Waals surface area (Å²) >= 11 is 13.7. The third-order valence-corrected chi connectivity index (χ3v) is 8.94. The molecule has 0 amide bonds. The van der Waals surface area contributed by atoms with E-state index >= 15 is 0 Å². The lowest BCUT2D eigenvalue weighted by Gasteiger charge is -2.22. The van der Waals surface area contributed by atoms with Crippen molar-refractivity contribution in [2.75, 3.05) is 7.11 Å². The van der Waals surface area contributed by atoms with Crippen molar-refractivity contribution in [3.05, 3.63) is 95.4 Å². The zero-order chi connectivity index (χ0) is 28.2. The summed E-state index contributed by atoms with van der Waals surface area (Å²) in [4.78, 5) is 18.5. The standard InChI is InChI=1S/C30H25Br2ClN4O3/c1-39-25-13-21(26(32)27(33)28(25)40-17-20-10-6-5-9-19(20)15-34)16-35-37-29(18-7-3-2-4-8-18)36-24-12-11-22(31)14-23(24)30(37)38/h5-6,9-14,16,18H,2-4,7-8,17H2,1H3. The Labute approximate surface area is 253 Å². The minimum atomic E-state index is -0.228. The van der Waals surface area contributed by atoms with Gasteiger partial charge in [-0.25, -0.2) is 4.98 Å². The fraction of sp³-hybridized carbons (Fsp3) is 0.267. The van der Waals surface area contributed by atoms with Crippen LogP contribution in [0.25, 0.3) is 10.9 Å². The minimum Gasteiger partial charge on any atom is -0.493 e. The predicted octanol–water partition coefficient (Wildman–Crippen LogP) is 7.96. The zero-order valence-electron chi connectivity index (χ0n) is 21.7. The maximum absolute atomic E-state index is 13.6. The molecule has 0 spiro atoms. The molecule has 0 radical (unpaired) electrons. The number of nitrogens with zero attached hydrogens (tertiary/aromatic N) is 4. The van der Waals surface area contributed by atoms with Gasteiger partial charge in [-0.1, -0.05) is 65.0 Å². The van der Waals surface area contributed by atoms with E-state index in [4.69, 9.17) is 26.1 Å². The molecule has 1 aliphatic carbocycles. The summed E-state index contributed by atoms with van der Waals surface area (Å²) in [7, 11) is 1.52. The van der Waals surface area contributed by atoms with Crippen molar-refractivity contribution in [2.45, 2.75) is 44.6 Å². The van der Waals surface area contributed by atoms with Crippen molar-refractivity contribution < 1.29 is 9.47 Å². The zero-order valence-corrected chi connectivity index (χ0v) is 25.6. The molecular formula is C30H25Br2ClN4O3. The van der Waals surface area contributed by atoms with Crippen molar-refractivity contribution in [1.82, 2.24) is 9.66 Å². The molecule has 40 heavy (non-hydrogen) atoms. The van der Waals surface area contributed by atoms with Crippen LogP contribution in [-0.2, 0) is 6.61 Å². The predicted molar refractivity (Wildman–Crippen MR) is 164 cm³/mol. The molecule has 7 nitrogen and oxygen atoms in total. The Hall–Kier alpha value is -3.19. The number of hydrogen-bond acceptors (Lipinski definition) is 6. The van der Waals surface area contributed by atoms with Crippen LogP contribution in [0.4, 0.5) is 0 Å². The van der Waals surface area contributed by atoms with Gasteiger partial charge in [-0.15, -0.1) is 0 Å². The van der Waals surface area contributed by atoms with Crippen LogP contribution in [0.2, 0.25) is 5.02 Å². The summed E-state index contributed by atoms with van der Waals surface area (Å²) in [6, 6.07) is 16.6. The van der Waals surface area contributed by atoms with Crippen LogP contribution in [-0.4, -0.2) is 23.0 Å². The SMILES string of the molecule is COc1cc(C=Nn2c(C3CCCCC3)nc3ccc(Br)cc3c2=O)c(Br)c(Cl)c1OCc1ccccc1C#N. The average molecular weight is 685 g/mol. The topological polar surface area (TPSA) is 89.5 Å². The largest absolute Gasteiger partial charge is 0.493 e. The summed E-state index contributed by atoms with van der Waals surface area (Å²) in [6.07, 6.45) is 6.89. The molecule has 3 aromatic carbocycles. The van der Waals surface area contributed by atoms with Gasteiger partial charge in [-0.05, 0) is 59.1 Å². The molecule has 1 fully saturated rings. The third kappa shape index (κ3) is 5.80. The van der Waals surface area contributed by atoms with Gasteiger partial charge in [0.2, 0.25) is 0 Å². The maximum atomic E-state index is 13.6. The van der Waals surface area contributed by atoms with Gasteiger partial charge in [0, 0.05) is 26.0 Å². The lowest BCUT2D eigenvalue weighted by Crippen LogP contribution is -2.25. The normalized spacial score (nSPS) is 14.0. The second-order valence-electron chi connectivity index (χ2n) is 9.51. The fourth-order valence-corrected chi connectivity index (χ4v) is 5.93. The van der Waals surface area contributed by atoms with E-state index in [1.54, 1.807) is 30.5 Å². The Balaban J connectivity index is 1.54. The highest BCUT2D eigenvalue weighted by atomic mass is 79.9. The molecule has 10 heteroatoms. The summed E-state index contributed by atoms with van der Waals surface area (Å²) < 4.78 is 14.3. The summed E-state index contributed by atoms with van der Waals surface area (Å²) in [5.74, 6) is 1.55. The molecule has 0 saturated heterocycles. The molecule has 0 N–H and O–H groups in total. The number of aromatic nitrogens is 2.